The first-order chi connectivity index (χ1) is 5.72. The van der Waals surface area contributed by atoms with Gasteiger partial charge in [0.25, 0.3) is 5.56 Å². The second-order valence-corrected chi connectivity index (χ2v) is 2.75. The highest BCUT2D eigenvalue weighted by molar-refractivity contribution is 5.77. The Balaban J connectivity index is 3.09. The van der Waals surface area contributed by atoms with Crippen LogP contribution in [0.4, 0.5) is 0 Å². The van der Waals surface area contributed by atoms with Gasteiger partial charge in [0.05, 0.1) is 10.9 Å². The van der Waals surface area contributed by atoms with E-state index in [2.05, 4.69) is 4.98 Å². The number of hydrogen-bond acceptors (Lipinski definition) is 2. The number of aryl methyl sites for hydroxylation is 1. The molecule has 0 aliphatic rings. The number of fused-ring (bicyclic) bond motifs is 1. The third kappa shape index (κ3) is 0.717. The molecule has 0 atom stereocenters. The fourth-order valence-corrected chi connectivity index (χ4v) is 1.31. The second kappa shape index (κ2) is 2.20. The molecule has 0 bridgehead atoms. The van der Waals surface area contributed by atoms with Gasteiger partial charge in [0.15, 0.2) is 0 Å². The highest BCUT2D eigenvalue weighted by Crippen LogP contribution is 2.05. The Morgan fingerprint density at radius 3 is 2.75 bits per heavy atom. The molecule has 4 heteroatoms. The summed E-state index contributed by atoms with van der Waals surface area (Å²) in [7, 11) is 3.59. The fourth-order valence-electron chi connectivity index (χ4n) is 1.31. The van der Waals surface area contributed by atoms with E-state index in [0.29, 0.717) is 5.39 Å². The monoisotopic (exact) mass is 163 g/mol. The molecule has 2 heterocycles. The second-order valence-electron chi connectivity index (χ2n) is 2.75. The van der Waals surface area contributed by atoms with E-state index in [1.807, 2.05) is 13.1 Å². The molecular formula is C8H9N3O. The third-order valence-electron chi connectivity index (χ3n) is 2.12. The lowest BCUT2D eigenvalue weighted by Crippen LogP contribution is -2.16. The number of hydrogen-bond donors (Lipinski definition) is 0. The highest BCUT2D eigenvalue weighted by atomic mass is 16.1. The maximum Gasteiger partial charge on any atom is 0.275 e. The summed E-state index contributed by atoms with van der Waals surface area (Å²) in [5.74, 6) is 0. The van der Waals surface area contributed by atoms with Gasteiger partial charge >= 0.3 is 0 Å². The molecule has 12 heavy (non-hydrogen) atoms. The Bertz CT molecular complexity index is 480. The van der Waals surface area contributed by atoms with Crippen LogP contribution in [0.5, 0.6) is 0 Å². The molecule has 0 fully saturated rings. The van der Waals surface area contributed by atoms with Crippen LogP contribution in [-0.2, 0) is 14.1 Å². The number of rotatable bonds is 0. The SMILES string of the molecule is Cn1c(=O)c2cnccc2n1C. The molecule has 0 aliphatic heterocycles. The molecule has 0 unspecified atom stereocenters. The van der Waals surface area contributed by atoms with E-state index in [0.717, 1.165) is 5.52 Å². The van der Waals surface area contributed by atoms with Gasteiger partial charge in [-0.05, 0) is 6.07 Å². The zero-order chi connectivity index (χ0) is 8.72. The lowest BCUT2D eigenvalue weighted by atomic mass is 10.3. The minimum Gasteiger partial charge on any atom is -0.285 e. The van der Waals surface area contributed by atoms with E-state index in [1.54, 1.807) is 28.8 Å². The average Bonchev–Trinajstić information content (AvgIpc) is 2.33. The average molecular weight is 163 g/mol. The minimum atomic E-state index is 0.000556. The van der Waals surface area contributed by atoms with Crippen molar-refractivity contribution in [3.05, 3.63) is 28.8 Å². The van der Waals surface area contributed by atoms with Crippen LogP contribution in [0.3, 0.4) is 0 Å². The predicted molar refractivity (Wildman–Crippen MR) is 46.0 cm³/mol. The van der Waals surface area contributed by atoms with E-state index in [9.17, 15) is 4.79 Å². The Hall–Kier alpha value is -1.58. The Kier molecular flexibility index (Phi) is 1.30. The zero-order valence-corrected chi connectivity index (χ0v) is 6.98. The predicted octanol–water partition coefficient (Wildman–Crippen LogP) is 0.272. The van der Waals surface area contributed by atoms with Crippen molar-refractivity contribution >= 4 is 10.9 Å². The molecule has 2 aromatic rings. The van der Waals surface area contributed by atoms with E-state index < -0.39 is 0 Å². The van der Waals surface area contributed by atoms with Crippen molar-refractivity contribution in [1.29, 1.82) is 0 Å². The van der Waals surface area contributed by atoms with Gasteiger partial charge in [-0.2, -0.15) is 0 Å². The van der Waals surface area contributed by atoms with Gasteiger partial charge in [-0.1, -0.05) is 0 Å². The number of aromatic nitrogens is 3. The van der Waals surface area contributed by atoms with Crippen molar-refractivity contribution in [3.8, 4) is 0 Å². The first-order valence-corrected chi connectivity index (χ1v) is 3.67. The lowest BCUT2D eigenvalue weighted by Gasteiger charge is -1.97. The molecule has 0 spiro atoms. The molecule has 2 aromatic heterocycles. The summed E-state index contributed by atoms with van der Waals surface area (Å²) in [4.78, 5) is 15.4. The van der Waals surface area contributed by atoms with Crippen LogP contribution >= 0.6 is 0 Å². The quantitative estimate of drug-likeness (QED) is 0.559. The Morgan fingerprint density at radius 2 is 2.08 bits per heavy atom. The van der Waals surface area contributed by atoms with Gasteiger partial charge < -0.3 is 0 Å². The lowest BCUT2D eigenvalue weighted by molar-refractivity contribution is 0.595. The van der Waals surface area contributed by atoms with Crippen LogP contribution in [0.2, 0.25) is 0 Å². The first-order valence-electron chi connectivity index (χ1n) is 3.67. The smallest absolute Gasteiger partial charge is 0.275 e. The number of nitrogens with zero attached hydrogens (tertiary/aromatic N) is 3. The van der Waals surface area contributed by atoms with Crippen LogP contribution in [0.1, 0.15) is 0 Å². The van der Waals surface area contributed by atoms with Crippen molar-refractivity contribution in [2.24, 2.45) is 14.1 Å². The largest absolute Gasteiger partial charge is 0.285 e. The van der Waals surface area contributed by atoms with E-state index in [4.69, 9.17) is 0 Å². The summed E-state index contributed by atoms with van der Waals surface area (Å²) in [5.41, 5.74) is 0.915. The van der Waals surface area contributed by atoms with Gasteiger partial charge in [0, 0.05) is 26.5 Å². The van der Waals surface area contributed by atoms with Crippen LogP contribution < -0.4 is 5.56 Å². The van der Waals surface area contributed by atoms with Gasteiger partial charge in [-0.15, -0.1) is 0 Å². The van der Waals surface area contributed by atoms with Gasteiger partial charge in [0.1, 0.15) is 0 Å². The number of pyridine rings is 1. The molecule has 2 rings (SSSR count). The molecular weight excluding hydrogens is 154 g/mol. The van der Waals surface area contributed by atoms with E-state index in [1.165, 1.54) is 0 Å². The van der Waals surface area contributed by atoms with Gasteiger partial charge in [-0.25, -0.2) is 0 Å². The normalized spacial score (nSPS) is 10.8. The third-order valence-corrected chi connectivity index (χ3v) is 2.12. The zero-order valence-electron chi connectivity index (χ0n) is 6.98. The summed E-state index contributed by atoms with van der Waals surface area (Å²) in [6, 6.07) is 1.83. The maximum atomic E-state index is 11.5. The Labute approximate surface area is 69.0 Å². The first kappa shape index (κ1) is 7.09. The molecule has 0 radical (unpaired) electrons. The van der Waals surface area contributed by atoms with Crippen molar-refractivity contribution < 1.29 is 0 Å². The van der Waals surface area contributed by atoms with Crippen molar-refractivity contribution in [2.75, 3.05) is 0 Å². The molecule has 0 N–H and O–H groups in total. The molecule has 0 aliphatic carbocycles. The molecule has 0 saturated heterocycles. The van der Waals surface area contributed by atoms with Crippen molar-refractivity contribution in [3.63, 3.8) is 0 Å². The Morgan fingerprint density at radius 1 is 1.33 bits per heavy atom. The van der Waals surface area contributed by atoms with E-state index in [-0.39, 0.29) is 5.56 Å². The summed E-state index contributed by atoms with van der Waals surface area (Å²) in [5, 5.41) is 0.669. The summed E-state index contributed by atoms with van der Waals surface area (Å²) in [6.07, 6.45) is 3.28. The molecule has 0 aromatic carbocycles. The maximum absolute atomic E-state index is 11.5. The van der Waals surface area contributed by atoms with Crippen LogP contribution in [0.15, 0.2) is 23.3 Å². The molecule has 0 saturated carbocycles. The molecule has 62 valence electrons. The topological polar surface area (TPSA) is 39.8 Å². The van der Waals surface area contributed by atoms with Crippen LogP contribution in [-0.4, -0.2) is 14.3 Å². The van der Waals surface area contributed by atoms with Crippen molar-refractivity contribution in [1.82, 2.24) is 14.3 Å². The molecule has 4 nitrogen and oxygen atoms in total. The van der Waals surface area contributed by atoms with Crippen LogP contribution in [0, 0.1) is 0 Å². The summed E-state index contributed by atoms with van der Waals surface area (Å²) >= 11 is 0. The summed E-state index contributed by atoms with van der Waals surface area (Å²) in [6.45, 7) is 0. The standard InChI is InChI=1S/C8H9N3O/c1-10-7-3-4-9-5-6(7)8(12)11(10)2/h3-5H,1-2H3. The van der Waals surface area contributed by atoms with Crippen LogP contribution in [0.25, 0.3) is 10.9 Å². The van der Waals surface area contributed by atoms with Gasteiger partial charge in [-0.3, -0.25) is 19.1 Å². The highest BCUT2D eigenvalue weighted by Gasteiger charge is 2.05. The summed E-state index contributed by atoms with van der Waals surface area (Å²) < 4.78 is 3.37. The van der Waals surface area contributed by atoms with Crippen molar-refractivity contribution in [2.45, 2.75) is 0 Å². The minimum absolute atomic E-state index is 0.000556. The van der Waals surface area contributed by atoms with Gasteiger partial charge in [0.2, 0.25) is 0 Å². The fraction of sp³-hybridized carbons (Fsp3) is 0.250. The molecule has 0 amide bonds. The van der Waals surface area contributed by atoms with E-state index >= 15 is 0 Å².